The monoisotopic (exact) mass is 373 g/mol. The van der Waals surface area contributed by atoms with Gasteiger partial charge in [-0.25, -0.2) is 9.67 Å². The number of nitrogens with one attached hydrogen (secondary N) is 1. The molecule has 0 spiro atoms. The van der Waals surface area contributed by atoms with Gasteiger partial charge >= 0.3 is 0 Å². The highest BCUT2D eigenvalue weighted by Gasteiger charge is 2.26. The molecule has 2 aromatic heterocycles. The number of aryl methyl sites for hydroxylation is 1. The number of aromatic nitrogens is 3. The number of hydrogen-bond acceptors (Lipinski definition) is 4. The number of likely N-dealkylation sites (N-methyl/N-ethyl adjacent to an activating group) is 1. The Hall–Kier alpha value is -1.37. The van der Waals surface area contributed by atoms with Crippen LogP contribution in [0.2, 0.25) is 0 Å². The van der Waals surface area contributed by atoms with Crippen LogP contribution in [0, 0.1) is 6.92 Å². The second-order valence-electron chi connectivity index (χ2n) is 6.29. The van der Waals surface area contributed by atoms with Crippen LogP contribution < -0.4 is 5.32 Å². The van der Waals surface area contributed by atoms with E-state index in [1.54, 1.807) is 6.20 Å². The van der Waals surface area contributed by atoms with Gasteiger partial charge in [0.15, 0.2) is 5.65 Å². The van der Waals surface area contributed by atoms with E-state index in [4.69, 9.17) is 0 Å². The van der Waals surface area contributed by atoms with E-state index in [0.717, 1.165) is 36.2 Å². The summed E-state index contributed by atoms with van der Waals surface area (Å²) in [6.45, 7) is 7.88. The molecule has 0 saturated carbocycles. The van der Waals surface area contributed by atoms with Gasteiger partial charge in [-0.05, 0) is 39.8 Å². The third-order valence-electron chi connectivity index (χ3n) is 4.32. The molecule has 0 radical (unpaired) electrons. The Kier molecular flexibility index (Phi) is 7.01. The fraction of sp³-hybridized carbons (Fsp3) is 0.562. The Balaban J connectivity index is 0.00000144. The van der Waals surface area contributed by atoms with Crippen molar-refractivity contribution in [2.24, 2.45) is 0 Å². The zero-order valence-corrected chi connectivity index (χ0v) is 16.1. The van der Waals surface area contributed by atoms with Crippen molar-refractivity contribution in [3.8, 4) is 0 Å². The summed E-state index contributed by atoms with van der Waals surface area (Å²) in [4.78, 5) is 19.3. The molecule has 6 nitrogen and oxygen atoms in total. The Morgan fingerprint density at radius 3 is 2.71 bits per heavy atom. The normalized spacial score (nSPS) is 16.8. The molecule has 1 amide bonds. The summed E-state index contributed by atoms with van der Waals surface area (Å²) in [5.74, 6) is 0.0486. The van der Waals surface area contributed by atoms with Crippen molar-refractivity contribution >= 4 is 41.8 Å². The van der Waals surface area contributed by atoms with Gasteiger partial charge < -0.3 is 10.2 Å². The average Bonchev–Trinajstić information content (AvgIpc) is 3.13. The lowest BCUT2D eigenvalue weighted by molar-refractivity contribution is 0.0745. The molecule has 3 rings (SSSR count). The van der Waals surface area contributed by atoms with Crippen LogP contribution in [0.3, 0.4) is 0 Å². The summed E-state index contributed by atoms with van der Waals surface area (Å²) in [7, 11) is 1.88. The molecule has 3 heterocycles. The van der Waals surface area contributed by atoms with Crippen molar-refractivity contribution in [1.82, 2.24) is 25.0 Å². The van der Waals surface area contributed by atoms with Gasteiger partial charge in [-0.3, -0.25) is 4.79 Å². The molecule has 1 unspecified atom stereocenters. The molecule has 1 atom stereocenters. The first kappa shape index (κ1) is 20.7. The molecule has 1 fully saturated rings. The Morgan fingerprint density at radius 1 is 1.42 bits per heavy atom. The third kappa shape index (κ3) is 3.66. The van der Waals surface area contributed by atoms with Crippen LogP contribution in [0.25, 0.3) is 11.0 Å². The van der Waals surface area contributed by atoms with Gasteiger partial charge in [0, 0.05) is 31.4 Å². The van der Waals surface area contributed by atoms with Gasteiger partial charge in [0.25, 0.3) is 5.91 Å². The van der Waals surface area contributed by atoms with Crippen LogP contribution in [-0.2, 0) is 0 Å². The largest absolute Gasteiger partial charge is 0.337 e. The molecule has 1 N–H and O–H groups in total. The van der Waals surface area contributed by atoms with E-state index >= 15 is 0 Å². The molecule has 1 saturated heterocycles. The number of amides is 1. The van der Waals surface area contributed by atoms with Crippen LogP contribution >= 0.6 is 24.8 Å². The third-order valence-corrected chi connectivity index (χ3v) is 4.32. The van der Waals surface area contributed by atoms with E-state index in [-0.39, 0.29) is 42.8 Å². The lowest BCUT2D eigenvalue weighted by atomic mass is 10.1. The van der Waals surface area contributed by atoms with E-state index in [9.17, 15) is 4.79 Å². The molecule has 134 valence electrons. The van der Waals surface area contributed by atoms with Crippen molar-refractivity contribution < 1.29 is 4.79 Å². The van der Waals surface area contributed by atoms with Crippen LogP contribution in [0.1, 0.15) is 42.4 Å². The molecule has 0 aliphatic carbocycles. The van der Waals surface area contributed by atoms with E-state index in [1.165, 1.54) is 0 Å². The maximum absolute atomic E-state index is 12.9. The molecule has 1 aliphatic rings. The van der Waals surface area contributed by atoms with Gasteiger partial charge in [0.05, 0.1) is 17.1 Å². The van der Waals surface area contributed by atoms with Crippen molar-refractivity contribution in [1.29, 1.82) is 0 Å². The average molecular weight is 374 g/mol. The summed E-state index contributed by atoms with van der Waals surface area (Å²) < 4.78 is 1.87. The summed E-state index contributed by atoms with van der Waals surface area (Å²) in [6.07, 6.45) is 2.76. The fourth-order valence-corrected chi connectivity index (χ4v) is 3.02. The highest BCUT2D eigenvalue weighted by atomic mass is 35.5. The number of carbonyl (C=O) groups excluding carboxylic acids is 1. The molecule has 1 aliphatic heterocycles. The number of halogens is 2. The lowest BCUT2D eigenvalue weighted by Crippen LogP contribution is -2.38. The highest BCUT2D eigenvalue weighted by Crippen LogP contribution is 2.23. The maximum atomic E-state index is 12.9. The molecule has 8 heteroatoms. The standard InChI is InChI=1S/C16H23N5O.2ClH/c1-10(2)21-15-14(9-18-21)13(7-11(3)19-15)16(22)20(4)12-5-6-17-8-12;;/h7,9-10,12,17H,5-6,8H2,1-4H3;2*1H. The first-order valence-electron chi connectivity index (χ1n) is 7.81. The highest BCUT2D eigenvalue weighted by molar-refractivity contribution is 6.05. The molecule has 0 bridgehead atoms. The smallest absolute Gasteiger partial charge is 0.254 e. The van der Waals surface area contributed by atoms with E-state index < -0.39 is 0 Å². The SMILES string of the molecule is Cc1cc(C(=O)N(C)C2CCNC2)c2cnn(C(C)C)c2n1.Cl.Cl. The number of rotatable bonds is 3. The lowest BCUT2D eigenvalue weighted by Gasteiger charge is -2.24. The van der Waals surface area contributed by atoms with Crippen molar-refractivity contribution in [2.75, 3.05) is 20.1 Å². The zero-order chi connectivity index (χ0) is 15.9. The van der Waals surface area contributed by atoms with E-state index in [0.29, 0.717) is 5.56 Å². The van der Waals surface area contributed by atoms with E-state index in [2.05, 4.69) is 29.2 Å². The van der Waals surface area contributed by atoms with Gasteiger partial charge in [-0.2, -0.15) is 5.10 Å². The fourth-order valence-electron chi connectivity index (χ4n) is 3.02. The van der Waals surface area contributed by atoms with Crippen molar-refractivity contribution in [3.05, 3.63) is 23.5 Å². The van der Waals surface area contributed by atoms with Crippen LogP contribution in [-0.4, -0.2) is 51.8 Å². The van der Waals surface area contributed by atoms with E-state index in [1.807, 2.05) is 29.6 Å². The van der Waals surface area contributed by atoms with Gasteiger partial charge in [-0.15, -0.1) is 24.8 Å². The minimum Gasteiger partial charge on any atom is -0.337 e. The summed E-state index contributed by atoms with van der Waals surface area (Å²) in [5.41, 5.74) is 2.33. The molecular weight excluding hydrogens is 349 g/mol. The first-order valence-corrected chi connectivity index (χ1v) is 7.81. The van der Waals surface area contributed by atoms with Crippen LogP contribution in [0.5, 0.6) is 0 Å². The minimum absolute atomic E-state index is 0. The minimum atomic E-state index is 0. The molecule has 24 heavy (non-hydrogen) atoms. The van der Waals surface area contributed by atoms with Crippen LogP contribution in [0.4, 0.5) is 0 Å². The Labute approximate surface area is 154 Å². The maximum Gasteiger partial charge on any atom is 0.254 e. The molecule has 0 aromatic carbocycles. The second kappa shape index (κ2) is 8.14. The first-order chi connectivity index (χ1) is 10.5. The number of pyridine rings is 1. The molecule has 2 aromatic rings. The number of fused-ring (bicyclic) bond motifs is 1. The summed E-state index contributed by atoms with van der Waals surface area (Å²) in [6, 6.07) is 2.35. The van der Waals surface area contributed by atoms with Crippen LogP contribution in [0.15, 0.2) is 12.3 Å². The predicted molar refractivity (Wildman–Crippen MR) is 101 cm³/mol. The Morgan fingerprint density at radius 2 is 2.12 bits per heavy atom. The van der Waals surface area contributed by atoms with Crippen molar-refractivity contribution in [3.63, 3.8) is 0 Å². The number of nitrogens with zero attached hydrogens (tertiary/aromatic N) is 4. The second-order valence-corrected chi connectivity index (χ2v) is 6.29. The predicted octanol–water partition coefficient (Wildman–Crippen LogP) is 2.60. The summed E-state index contributed by atoms with van der Waals surface area (Å²) >= 11 is 0. The Bertz CT molecular complexity index is 710. The number of carbonyl (C=O) groups is 1. The number of hydrogen-bond donors (Lipinski definition) is 1. The van der Waals surface area contributed by atoms with Gasteiger partial charge in [0.2, 0.25) is 0 Å². The van der Waals surface area contributed by atoms with Gasteiger partial charge in [-0.1, -0.05) is 0 Å². The quantitative estimate of drug-likeness (QED) is 0.897. The topological polar surface area (TPSA) is 63.1 Å². The zero-order valence-electron chi connectivity index (χ0n) is 14.4. The summed E-state index contributed by atoms with van der Waals surface area (Å²) in [5, 5.41) is 8.55. The van der Waals surface area contributed by atoms with Gasteiger partial charge in [0.1, 0.15) is 0 Å². The van der Waals surface area contributed by atoms with Crippen molar-refractivity contribution in [2.45, 2.75) is 39.3 Å². The molecular formula is C16H25Cl2N5O.